The maximum absolute atomic E-state index is 13.0. The van der Waals surface area contributed by atoms with Gasteiger partial charge in [0.25, 0.3) is 5.24 Å². The first-order valence-electron chi connectivity index (χ1n) is 17.9. The second-order valence-electron chi connectivity index (χ2n) is 12.3. The molecular weight excluding hydrogens is 572 g/mol. The lowest BCUT2D eigenvalue weighted by atomic mass is 10.0. The molecule has 0 fully saturated rings. The Morgan fingerprint density at radius 1 is 0.659 bits per heavy atom. The molecule has 0 aromatic carbocycles. The van der Waals surface area contributed by atoms with Gasteiger partial charge in [-0.05, 0) is 65.5 Å². The van der Waals surface area contributed by atoms with E-state index in [1.54, 1.807) is 4.90 Å². The molecule has 0 aromatic heterocycles. The fourth-order valence-corrected chi connectivity index (χ4v) is 5.87. The number of carbonyl (C=O) groups is 3. The Morgan fingerprint density at radius 3 is 1.89 bits per heavy atom. The molecule has 0 saturated carbocycles. The third-order valence-corrected chi connectivity index (χ3v) is 8.60. The second kappa shape index (κ2) is 31.4. The minimum atomic E-state index is -0.199. The fourth-order valence-electron chi connectivity index (χ4n) is 4.87. The summed E-state index contributed by atoms with van der Waals surface area (Å²) in [7, 11) is 3.99. The molecule has 0 bridgehead atoms. The third-order valence-electron chi connectivity index (χ3n) is 7.71. The van der Waals surface area contributed by atoms with Crippen molar-refractivity contribution in [2.24, 2.45) is 0 Å². The van der Waals surface area contributed by atoms with E-state index in [4.69, 9.17) is 9.47 Å². The normalized spacial score (nSPS) is 11.5. The molecule has 0 heterocycles. The molecule has 0 spiro atoms. The SMILES string of the molecule is CCCCCC/C=C\COC(=O)CCCCCN(CCC(=O)OC(CCCCCC)CCCCCC)C(=O)SCCN(C)C. The molecule has 0 rings (SSSR count). The third kappa shape index (κ3) is 28.0. The van der Waals surface area contributed by atoms with Gasteiger partial charge >= 0.3 is 11.9 Å². The molecule has 0 N–H and O–H groups in total. The van der Waals surface area contributed by atoms with Gasteiger partial charge in [-0.2, -0.15) is 0 Å². The van der Waals surface area contributed by atoms with Crippen LogP contribution in [0.15, 0.2) is 12.2 Å². The molecule has 1 amide bonds. The molecule has 44 heavy (non-hydrogen) atoms. The first-order chi connectivity index (χ1) is 21.3. The smallest absolute Gasteiger partial charge is 0.307 e. The van der Waals surface area contributed by atoms with E-state index in [-0.39, 0.29) is 29.7 Å². The maximum atomic E-state index is 13.0. The minimum Gasteiger partial charge on any atom is -0.462 e. The van der Waals surface area contributed by atoms with Crippen molar-refractivity contribution in [1.29, 1.82) is 0 Å². The van der Waals surface area contributed by atoms with Crippen LogP contribution in [0.3, 0.4) is 0 Å². The van der Waals surface area contributed by atoms with E-state index < -0.39 is 0 Å². The zero-order valence-electron chi connectivity index (χ0n) is 29.3. The van der Waals surface area contributed by atoms with Gasteiger partial charge in [-0.15, -0.1) is 0 Å². The molecule has 0 unspecified atom stereocenters. The monoisotopic (exact) mass is 640 g/mol. The highest BCUT2D eigenvalue weighted by Crippen LogP contribution is 2.17. The number of hydrogen-bond donors (Lipinski definition) is 0. The summed E-state index contributed by atoms with van der Waals surface area (Å²) in [5.41, 5.74) is 0. The largest absolute Gasteiger partial charge is 0.462 e. The van der Waals surface area contributed by atoms with Crippen LogP contribution in [-0.2, 0) is 19.1 Å². The van der Waals surface area contributed by atoms with E-state index in [1.807, 2.05) is 20.2 Å². The Kier molecular flexibility index (Phi) is 30.3. The van der Waals surface area contributed by atoms with E-state index >= 15 is 0 Å². The summed E-state index contributed by atoms with van der Waals surface area (Å²) >= 11 is 1.31. The number of ether oxygens (including phenoxy) is 2. The van der Waals surface area contributed by atoms with Crippen LogP contribution in [0.4, 0.5) is 4.79 Å². The Morgan fingerprint density at radius 2 is 1.27 bits per heavy atom. The fraction of sp³-hybridized carbons (Fsp3) is 0.861. The average molecular weight is 641 g/mol. The van der Waals surface area contributed by atoms with Crippen LogP contribution >= 0.6 is 11.8 Å². The number of esters is 2. The highest BCUT2D eigenvalue weighted by atomic mass is 32.2. The topological polar surface area (TPSA) is 76.1 Å². The average Bonchev–Trinajstić information content (AvgIpc) is 2.99. The second-order valence-corrected chi connectivity index (χ2v) is 13.3. The Hall–Kier alpha value is -1.54. The van der Waals surface area contributed by atoms with E-state index in [0.29, 0.717) is 31.9 Å². The van der Waals surface area contributed by atoms with Crippen molar-refractivity contribution in [3.8, 4) is 0 Å². The molecule has 0 aliphatic carbocycles. The van der Waals surface area contributed by atoms with Gasteiger partial charge in [-0.3, -0.25) is 14.4 Å². The number of carbonyl (C=O) groups excluding carboxylic acids is 3. The van der Waals surface area contributed by atoms with Gasteiger partial charge in [0.1, 0.15) is 12.7 Å². The Balaban J connectivity index is 4.64. The van der Waals surface area contributed by atoms with Crippen molar-refractivity contribution in [3.63, 3.8) is 0 Å². The van der Waals surface area contributed by atoms with E-state index in [2.05, 4.69) is 31.7 Å². The van der Waals surface area contributed by atoms with Crippen molar-refractivity contribution < 1.29 is 23.9 Å². The van der Waals surface area contributed by atoms with Gasteiger partial charge in [0.15, 0.2) is 0 Å². The molecule has 7 nitrogen and oxygen atoms in total. The summed E-state index contributed by atoms with van der Waals surface area (Å²) in [4.78, 5) is 41.8. The molecule has 0 saturated heterocycles. The number of unbranched alkanes of at least 4 members (excludes halogenated alkanes) is 12. The van der Waals surface area contributed by atoms with Gasteiger partial charge in [0, 0.05) is 31.8 Å². The number of allylic oxidation sites excluding steroid dienone is 1. The maximum Gasteiger partial charge on any atom is 0.307 e. The van der Waals surface area contributed by atoms with E-state index in [0.717, 1.165) is 57.9 Å². The molecule has 0 atom stereocenters. The summed E-state index contributed by atoms with van der Waals surface area (Å²) in [5, 5.41) is 0.0104. The standard InChI is InChI=1S/C36H68N2O5S/c1-6-9-12-15-16-17-23-31-42-34(39)26-21-18-22-28-38(36(41)44-32-30-37(4)5)29-27-35(40)43-33(24-19-13-10-7-2)25-20-14-11-8-3/h17,23,33H,6-16,18-22,24-32H2,1-5H3/b23-17-. The zero-order chi connectivity index (χ0) is 32.7. The molecule has 0 aliphatic heterocycles. The molecule has 258 valence electrons. The van der Waals surface area contributed by atoms with Gasteiger partial charge in [-0.1, -0.05) is 109 Å². The summed E-state index contributed by atoms with van der Waals surface area (Å²) < 4.78 is 11.3. The number of rotatable bonds is 30. The molecule has 0 aliphatic rings. The number of amides is 1. The van der Waals surface area contributed by atoms with Crippen LogP contribution in [-0.4, -0.2) is 79.2 Å². The molecule has 0 aromatic rings. The molecular formula is C36H68N2O5S. The number of thioether (sulfide) groups is 1. The summed E-state index contributed by atoms with van der Waals surface area (Å²) in [5.74, 6) is 0.341. The van der Waals surface area contributed by atoms with Crippen molar-refractivity contribution in [1.82, 2.24) is 9.80 Å². The van der Waals surface area contributed by atoms with Crippen LogP contribution in [0.1, 0.15) is 149 Å². The number of nitrogens with zero attached hydrogens (tertiary/aromatic N) is 2. The lowest BCUT2D eigenvalue weighted by molar-refractivity contribution is -0.150. The highest BCUT2D eigenvalue weighted by Gasteiger charge is 2.19. The van der Waals surface area contributed by atoms with Crippen molar-refractivity contribution >= 4 is 28.9 Å². The van der Waals surface area contributed by atoms with E-state index in [1.165, 1.54) is 76.0 Å². The van der Waals surface area contributed by atoms with Crippen molar-refractivity contribution in [2.75, 3.05) is 46.1 Å². The van der Waals surface area contributed by atoms with Crippen LogP contribution in [0.2, 0.25) is 0 Å². The van der Waals surface area contributed by atoms with Crippen molar-refractivity contribution in [3.05, 3.63) is 12.2 Å². The predicted molar refractivity (Wildman–Crippen MR) is 187 cm³/mol. The van der Waals surface area contributed by atoms with E-state index in [9.17, 15) is 14.4 Å². The van der Waals surface area contributed by atoms with Crippen LogP contribution in [0.25, 0.3) is 0 Å². The molecule has 0 radical (unpaired) electrons. The van der Waals surface area contributed by atoms with Gasteiger partial charge in [0.05, 0.1) is 6.42 Å². The Labute approximate surface area is 275 Å². The lowest BCUT2D eigenvalue weighted by Gasteiger charge is -2.23. The number of hydrogen-bond acceptors (Lipinski definition) is 7. The zero-order valence-corrected chi connectivity index (χ0v) is 30.1. The van der Waals surface area contributed by atoms with Crippen LogP contribution in [0, 0.1) is 0 Å². The predicted octanol–water partition coefficient (Wildman–Crippen LogP) is 9.58. The lowest BCUT2D eigenvalue weighted by Crippen LogP contribution is -2.32. The highest BCUT2D eigenvalue weighted by molar-refractivity contribution is 8.13. The van der Waals surface area contributed by atoms with Crippen LogP contribution in [0.5, 0.6) is 0 Å². The Bertz CT molecular complexity index is 719. The van der Waals surface area contributed by atoms with Crippen molar-refractivity contribution in [2.45, 2.75) is 155 Å². The summed E-state index contributed by atoms with van der Waals surface area (Å²) in [6.45, 7) is 8.73. The minimum absolute atomic E-state index is 0.0104. The van der Waals surface area contributed by atoms with Crippen LogP contribution < -0.4 is 0 Å². The quantitative estimate of drug-likeness (QED) is 0.0440. The van der Waals surface area contributed by atoms with Gasteiger partial charge in [-0.25, -0.2) is 0 Å². The molecule has 8 heteroatoms. The first kappa shape index (κ1) is 42.5. The van der Waals surface area contributed by atoms with Gasteiger partial charge in [0.2, 0.25) is 0 Å². The summed E-state index contributed by atoms with van der Waals surface area (Å²) in [6.07, 6.45) is 24.2. The van der Waals surface area contributed by atoms with Gasteiger partial charge < -0.3 is 19.3 Å². The summed E-state index contributed by atoms with van der Waals surface area (Å²) in [6, 6.07) is 0. The first-order valence-corrected chi connectivity index (χ1v) is 18.9.